The molecule has 5 nitrogen and oxygen atoms in total. The van der Waals surface area contributed by atoms with Gasteiger partial charge in [0.2, 0.25) is 0 Å². The lowest BCUT2D eigenvalue weighted by Gasteiger charge is -2.30. The number of carbonyl (C=O) groups is 1. The monoisotopic (exact) mass is 277 g/mol. The molecule has 0 bridgehead atoms. The summed E-state index contributed by atoms with van der Waals surface area (Å²) in [4.78, 5) is 25.9. The van der Waals surface area contributed by atoms with Crippen LogP contribution in [-0.4, -0.2) is 41.6 Å². The number of likely N-dealkylation sites (tertiary alicyclic amines) is 1. The van der Waals surface area contributed by atoms with Crippen LogP contribution in [0.25, 0.3) is 0 Å². The molecule has 1 saturated heterocycles. The van der Waals surface area contributed by atoms with E-state index in [1.807, 2.05) is 0 Å². The first-order valence-corrected chi connectivity index (χ1v) is 7.24. The van der Waals surface area contributed by atoms with Crippen molar-refractivity contribution >= 4 is 5.91 Å². The molecule has 1 amide bonds. The Balaban J connectivity index is 1.83. The van der Waals surface area contributed by atoms with E-state index in [1.165, 1.54) is 23.5 Å². The summed E-state index contributed by atoms with van der Waals surface area (Å²) in [5.74, 6) is 0.560. The van der Waals surface area contributed by atoms with Crippen LogP contribution in [0.4, 0.5) is 0 Å². The molecule has 1 aliphatic heterocycles. The zero-order valence-corrected chi connectivity index (χ0v) is 12.3. The first-order valence-electron chi connectivity index (χ1n) is 7.24. The maximum absolute atomic E-state index is 12.0. The van der Waals surface area contributed by atoms with Gasteiger partial charge >= 0.3 is 0 Å². The zero-order valence-electron chi connectivity index (χ0n) is 12.3. The van der Waals surface area contributed by atoms with Crippen molar-refractivity contribution in [1.82, 2.24) is 14.8 Å². The molecule has 1 fully saturated rings. The first-order chi connectivity index (χ1) is 9.58. The third-order valence-electron chi connectivity index (χ3n) is 3.87. The van der Waals surface area contributed by atoms with E-state index in [4.69, 9.17) is 0 Å². The predicted molar refractivity (Wildman–Crippen MR) is 78.9 cm³/mol. The van der Waals surface area contributed by atoms with Gasteiger partial charge in [-0.25, -0.2) is 0 Å². The van der Waals surface area contributed by atoms with Gasteiger partial charge in [0.25, 0.3) is 11.5 Å². The average molecular weight is 277 g/mol. The van der Waals surface area contributed by atoms with Crippen LogP contribution in [0.1, 0.15) is 30.3 Å². The largest absolute Gasteiger partial charge is 0.349 e. The molecule has 0 aromatic carbocycles. The molecule has 20 heavy (non-hydrogen) atoms. The van der Waals surface area contributed by atoms with Crippen LogP contribution < -0.4 is 10.9 Å². The van der Waals surface area contributed by atoms with E-state index < -0.39 is 0 Å². The predicted octanol–water partition coefficient (Wildman–Crippen LogP) is 0.847. The standard InChI is InChI=1S/C15H23N3O2/c1-12-5-4-9-18(11-12)10-8-16-15(20)13-6-3-7-14(19)17(13)2/h3,6-7,12H,4-5,8-11H2,1-2H3,(H,16,20)/t12-/m0/s1. The normalized spacial score (nSPS) is 19.8. The van der Waals surface area contributed by atoms with E-state index >= 15 is 0 Å². The topological polar surface area (TPSA) is 54.3 Å². The van der Waals surface area contributed by atoms with Crippen LogP contribution in [0.2, 0.25) is 0 Å². The van der Waals surface area contributed by atoms with E-state index in [9.17, 15) is 9.59 Å². The number of nitrogens with one attached hydrogen (secondary N) is 1. The molecular formula is C15H23N3O2. The van der Waals surface area contributed by atoms with Crippen molar-refractivity contribution in [2.24, 2.45) is 13.0 Å². The average Bonchev–Trinajstić information content (AvgIpc) is 2.42. The Kier molecular flexibility index (Phi) is 4.95. The smallest absolute Gasteiger partial charge is 0.268 e. The van der Waals surface area contributed by atoms with Crippen LogP contribution in [0.15, 0.2) is 23.0 Å². The van der Waals surface area contributed by atoms with Crippen LogP contribution in [0.3, 0.4) is 0 Å². The van der Waals surface area contributed by atoms with Gasteiger partial charge in [0, 0.05) is 32.7 Å². The van der Waals surface area contributed by atoms with Crippen LogP contribution >= 0.6 is 0 Å². The van der Waals surface area contributed by atoms with Gasteiger partial charge in [0.1, 0.15) is 5.69 Å². The lowest BCUT2D eigenvalue weighted by Crippen LogP contribution is -2.40. The molecule has 0 saturated carbocycles. The molecule has 1 atom stereocenters. The van der Waals surface area contributed by atoms with Gasteiger partial charge in [-0.05, 0) is 31.4 Å². The molecule has 5 heteroatoms. The van der Waals surface area contributed by atoms with Crippen molar-refractivity contribution in [3.05, 3.63) is 34.2 Å². The van der Waals surface area contributed by atoms with Gasteiger partial charge in [-0.1, -0.05) is 13.0 Å². The highest BCUT2D eigenvalue weighted by molar-refractivity contribution is 5.92. The van der Waals surface area contributed by atoms with Crippen molar-refractivity contribution in [3.63, 3.8) is 0 Å². The van der Waals surface area contributed by atoms with Gasteiger partial charge in [-0.15, -0.1) is 0 Å². The number of nitrogens with zero attached hydrogens (tertiary/aromatic N) is 2. The number of aromatic nitrogens is 1. The first kappa shape index (κ1) is 14.8. The number of pyridine rings is 1. The van der Waals surface area contributed by atoms with Gasteiger partial charge in [0.15, 0.2) is 0 Å². The molecule has 2 rings (SSSR count). The van der Waals surface area contributed by atoms with Crippen molar-refractivity contribution in [1.29, 1.82) is 0 Å². The quantitative estimate of drug-likeness (QED) is 0.887. The fourth-order valence-corrected chi connectivity index (χ4v) is 2.70. The van der Waals surface area contributed by atoms with E-state index in [1.54, 1.807) is 19.2 Å². The second kappa shape index (κ2) is 6.70. The highest BCUT2D eigenvalue weighted by Crippen LogP contribution is 2.14. The van der Waals surface area contributed by atoms with Crippen LogP contribution in [-0.2, 0) is 7.05 Å². The van der Waals surface area contributed by atoms with Crippen molar-refractivity contribution < 1.29 is 4.79 Å². The van der Waals surface area contributed by atoms with Gasteiger partial charge in [0.05, 0.1) is 0 Å². The Morgan fingerprint density at radius 1 is 1.45 bits per heavy atom. The lowest BCUT2D eigenvalue weighted by molar-refractivity contribution is 0.0934. The third kappa shape index (κ3) is 3.70. The second-order valence-corrected chi connectivity index (χ2v) is 5.61. The Bertz CT molecular complexity index is 524. The number of hydrogen-bond donors (Lipinski definition) is 1. The minimum Gasteiger partial charge on any atom is -0.349 e. The fourth-order valence-electron chi connectivity index (χ4n) is 2.70. The highest BCUT2D eigenvalue weighted by atomic mass is 16.2. The second-order valence-electron chi connectivity index (χ2n) is 5.61. The summed E-state index contributed by atoms with van der Waals surface area (Å²) >= 11 is 0. The highest BCUT2D eigenvalue weighted by Gasteiger charge is 2.16. The van der Waals surface area contributed by atoms with Crippen molar-refractivity contribution in [3.8, 4) is 0 Å². The molecule has 2 heterocycles. The summed E-state index contributed by atoms with van der Waals surface area (Å²) in [6, 6.07) is 4.73. The maximum Gasteiger partial charge on any atom is 0.268 e. The van der Waals surface area contributed by atoms with E-state index in [-0.39, 0.29) is 11.5 Å². The molecule has 0 aliphatic carbocycles. The molecule has 110 valence electrons. The number of piperidine rings is 1. The Hall–Kier alpha value is -1.62. The molecule has 1 aromatic heterocycles. The minimum absolute atomic E-state index is 0.164. The molecular weight excluding hydrogens is 254 g/mol. The zero-order chi connectivity index (χ0) is 14.5. The van der Waals surface area contributed by atoms with Crippen molar-refractivity contribution in [2.45, 2.75) is 19.8 Å². The summed E-state index contributed by atoms with van der Waals surface area (Å²) in [6.45, 7) is 5.99. The number of rotatable bonds is 4. The van der Waals surface area contributed by atoms with Crippen LogP contribution in [0.5, 0.6) is 0 Å². The van der Waals surface area contributed by atoms with Gasteiger partial charge < -0.3 is 14.8 Å². The van der Waals surface area contributed by atoms with E-state index in [0.717, 1.165) is 25.6 Å². The molecule has 0 radical (unpaired) electrons. The number of amides is 1. The molecule has 0 unspecified atom stereocenters. The Morgan fingerprint density at radius 3 is 3.00 bits per heavy atom. The SMILES string of the molecule is C[C@H]1CCCN(CCNC(=O)c2cccc(=O)n2C)C1. The lowest BCUT2D eigenvalue weighted by atomic mass is 10.0. The van der Waals surface area contributed by atoms with Crippen molar-refractivity contribution in [2.75, 3.05) is 26.2 Å². The molecule has 1 aliphatic rings. The maximum atomic E-state index is 12.0. The van der Waals surface area contributed by atoms with E-state index in [0.29, 0.717) is 12.2 Å². The Morgan fingerprint density at radius 2 is 2.25 bits per heavy atom. The van der Waals surface area contributed by atoms with Gasteiger partial charge in [-0.3, -0.25) is 9.59 Å². The van der Waals surface area contributed by atoms with E-state index in [2.05, 4.69) is 17.1 Å². The summed E-state index contributed by atoms with van der Waals surface area (Å²) in [5, 5.41) is 2.89. The van der Waals surface area contributed by atoms with Crippen LogP contribution in [0, 0.1) is 5.92 Å². The number of hydrogen-bond acceptors (Lipinski definition) is 3. The summed E-state index contributed by atoms with van der Waals surface area (Å²) in [7, 11) is 1.61. The molecule has 0 spiro atoms. The summed E-state index contributed by atoms with van der Waals surface area (Å²) in [5.41, 5.74) is 0.243. The Labute approximate surface area is 119 Å². The molecule has 1 aromatic rings. The molecule has 1 N–H and O–H groups in total. The van der Waals surface area contributed by atoms with Gasteiger partial charge in [-0.2, -0.15) is 0 Å². The summed E-state index contributed by atoms with van der Waals surface area (Å²) in [6.07, 6.45) is 2.54. The minimum atomic E-state index is -0.185. The number of carbonyl (C=O) groups excluding carboxylic acids is 1. The summed E-state index contributed by atoms with van der Waals surface area (Å²) < 4.78 is 1.37. The fraction of sp³-hybridized carbons (Fsp3) is 0.600. The third-order valence-corrected chi connectivity index (χ3v) is 3.87.